The van der Waals surface area contributed by atoms with E-state index in [0.717, 1.165) is 5.69 Å². The first-order chi connectivity index (χ1) is 11.0. The topological polar surface area (TPSA) is 70.7 Å². The molecule has 1 aliphatic heterocycles. The molecule has 0 aromatic heterocycles. The van der Waals surface area contributed by atoms with E-state index in [1.54, 1.807) is 18.2 Å². The highest BCUT2D eigenvalue weighted by molar-refractivity contribution is 6.05. The number of anilines is 3. The molecule has 0 unspecified atom stereocenters. The Morgan fingerprint density at radius 3 is 2.39 bits per heavy atom. The first kappa shape index (κ1) is 14.9. The molecule has 23 heavy (non-hydrogen) atoms. The van der Waals surface area contributed by atoms with Crippen LogP contribution in [0.4, 0.5) is 21.9 Å². The number of nitrogens with zero attached hydrogens (tertiary/aromatic N) is 1. The van der Waals surface area contributed by atoms with Crippen molar-refractivity contribution < 1.29 is 14.3 Å². The summed E-state index contributed by atoms with van der Waals surface area (Å²) in [5, 5.41) is 5.46. The van der Waals surface area contributed by atoms with E-state index in [0.29, 0.717) is 22.7 Å². The molecule has 0 saturated carbocycles. The minimum Gasteiger partial charge on any atom is -0.485 e. The average molecular weight is 311 g/mol. The van der Waals surface area contributed by atoms with Crippen molar-refractivity contribution >= 4 is 28.9 Å². The monoisotopic (exact) mass is 311 g/mol. The number of fused-ring (bicyclic) bond motifs is 1. The molecule has 2 N–H and O–H groups in total. The summed E-state index contributed by atoms with van der Waals surface area (Å²) < 4.78 is 5.21. The predicted octanol–water partition coefficient (Wildman–Crippen LogP) is 2.97. The molecule has 3 rings (SSSR count). The number of urea groups is 1. The number of ketones is 1. The quantitative estimate of drug-likeness (QED) is 0.914. The van der Waals surface area contributed by atoms with Crippen LogP contribution in [0.15, 0.2) is 42.5 Å². The lowest BCUT2D eigenvalue weighted by Crippen LogP contribution is -2.19. The van der Waals surface area contributed by atoms with E-state index in [1.807, 2.05) is 43.3 Å². The van der Waals surface area contributed by atoms with Crippen LogP contribution in [-0.4, -0.2) is 32.5 Å². The minimum absolute atomic E-state index is 0.0587. The van der Waals surface area contributed by atoms with Gasteiger partial charge in [-0.25, -0.2) is 4.79 Å². The largest absolute Gasteiger partial charge is 0.485 e. The zero-order valence-corrected chi connectivity index (χ0v) is 12.9. The van der Waals surface area contributed by atoms with Crippen molar-refractivity contribution in [3.05, 3.63) is 48.0 Å². The summed E-state index contributed by atoms with van der Waals surface area (Å²) in [6.07, 6.45) is 0. The van der Waals surface area contributed by atoms with Crippen LogP contribution in [0.2, 0.25) is 0 Å². The standard InChI is InChI=1S/C17H17N3O3/c1-20(2)13-6-3-11(4-7-13)18-17(22)19-12-5-8-16-14(9-12)15(21)10-23-16/h3-9H,10H2,1-2H3,(H2,18,19,22). The summed E-state index contributed by atoms with van der Waals surface area (Å²) in [7, 11) is 3.90. The Morgan fingerprint density at radius 1 is 1.04 bits per heavy atom. The van der Waals surface area contributed by atoms with Gasteiger partial charge in [0.15, 0.2) is 6.61 Å². The molecule has 2 aromatic rings. The summed E-state index contributed by atoms with van der Waals surface area (Å²) in [6.45, 7) is 0.0587. The van der Waals surface area contributed by atoms with Gasteiger partial charge in [0, 0.05) is 31.2 Å². The second kappa shape index (κ2) is 6.00. The van der Waals surface area contributed by atoms with Crippen molar-refractivity contribution in [1.29, 1.82) is 0 Å². The highest BCUT2D eigenvalue weighted by atomic mass is 16.5. The van der Waals surface area contributed by atoms with Gasteiger partial charge in [0.05, 0.1) is 5.56 Å². The SMILES string of the molecule is CN(C)c1ccc(NC(=O)Nc2ccc3c(c2)C(=O)CO3)cc1. The normalized spacial score (nSPS) is 12.3. The van der Waals surface area contributed by atoms with Crippen LogP contribution in [0.5, 0.6) is 5.75 Å². The van der Waals surface area contributed by atoms with Crippen LogP contribution in [0, 0.1) is 0 Å². The Bertz CT molecular complexity index is 754. The number of benzene rings is 2. The lowest BCUT2D eigenvalue weighted by molar-refractivity contribution is 0.0961. The second-order valence-electron chi connectivity index (χ2n) is 5.44. The first-order valence-corrected chi connectivity index (χ1v) is 7.18. The van der Waals surface area contributed by atoms with Crippen molar-refractivity contribution in [1.82, 2.24) is 0 Å². The maximum Gasteiger partial charge on any atom is 0.323 e. The van der Waals surface area contributed by atoms with Gasteiger partial charge in [-0.15, -0.1) is 0 Å². The lowest BCUT2D eigenvalue weighted by atomic mass is 10.1. The third-order valence-corrected chi connectivity index (χ3v) is 3.54. The maximum absolute atomic E-state index is 12.0. The summed E-state index contributed by atoms with van der Waals surface area (Å²) >= 11 is 0. The van der Waals surface area contributed by atoms with E-state index in [1.165, 1.54) is 0 Å². The summed E-state index contributed by atoms with van der Waals surface area (Å²) in [5.41, 5.74) is 2.78. The Labute approximate surface area is 134 Å². The Balaban J connectivity index is 1.65. The highest BCUT2D eigenvalue weighted by Gasteiger charge is 2.21. The van der Waals surface area contributed by atoms with Gasteiger partial charge in [0.25, 0.3) is 0 Å². The molecule has 0 radical (unpaired) electrons. The van der Waals surface area contributed by atoms with Crippen LogP contribution >= 0.6 is 0 Å². The molecule has 0 spiro atoms. The van der Waals surface area contributed by atoms with Crippen molar-refractivity contribution in [2.24, 2.45) is 0 Å². The van der Waals surface area contributed by atoms with Gasteiger partial charge in [0.2, 0.25) is 5.78 Å². The number of hydrogen-bond donors (Lipinski definition) is 2. The molecule has 0 saturated heterocycles. The number of hydrogen-bond acceptors (Lipinski definition) is 4. The lowest BCUT2D eigenvalue weighted by Gasteiger charge is -2.13. The van der Waals surface area contributed by atoms with Crippen molar-refractivity contribution in [3.63, 3.8) is 0 Å². The Hall–Kier alpha value is -3.02. The van der Waals surface area contributed by atoms with E-state index < -0.39 is 0 Å². The number of carbonyl (C=O) groups excluding carboxylic acids is 2. The fraction of sp³-hybridized carbons (Fsp3) is 0.176. The van der Waals surface area contributed by atoms with Gasteiger partial charge in [-0.3, -0.25) is 4.79 Å². The third-order valence-electron chi connectivity index (χ3n) is 3.54. The molecule has 118 valence electrons. The van der Waals surface area contributed by atoms with E-state index in [2.05, 4.69) is 10.6 Å². The molecule has 0 fully saturated rings. The molecule has 2 aromatic carbocycles. The van der Waals surface area contributed by atoms with Gasteiger partial charge in [-0.1, -0.05) is 0 Å². The molecule has 2 amide bonds. The van der Waals surface area contributed by atoms with Crippen LogP contribution in [0.25, 0.3) is 0 Å². The number of carbonyl (C=O) groups is 2. The number of amides is 2. The van der Waals surface area contributed by atoms with Crippen LogP contribution in [0.3, 0.4) is 0 Å². The predicted molar refractivity (Wildman–Crippen MR) is 89.7 cm³/mol. The molecule has 0 aliphatic carbocycles. The fourth-order valence-corrected chi connectivity index (χ4v) is 2.31. The zero-order valence-electron chi connectivity index (χ0n) is 12.9. The zero-order chi connectivity index (χ0) is 16.4. The molecule has 6 nitrogen and oxygen atoms in total. The van der Waals surface area contributed by atoms with Gasteiger partial charge >= 0.3 is 6.03 Å². The van der Waals surface area contributed by atoms with Gasteiger partial charge < -0.3 is 20.3 Å². The molecule has 0 atom stereocenters. The van der Waals surface area contributed by atoms with E-state index in [4.69, 9.17) is 4.74 Å². The van der Waals surface area contributed by atoms with E-state index in [-0.39, 0.29) is 18.4 Å². The number of Topliss-reactive ketones (excluding diaryl/α,β-unsaturated/α-hetero) is 1. The molecular weight excluding hydrogens is 294 g/mol. The first-order valence-electron chi connectivity index (χ1n) is 7.18. The van der Waals surface area contributed by atoms with E-state index >= 15 is 0 Å². The van der Waals surface area contributed by atoms with Gasteiger partial charge in [0.1, 0.15) is 5.75 Å². The molecule has 1 aliphatic rings. The average Bonchev–Trinajstić information content (AvgIpc) is 2.89. The summed E-state index contributed by atoms with van der Waals surface area (Å²) in [6, 6.07) is 12.1. The minimum atomic E-state index is -0.367. The van der Waals surface area contributed by atoms with Crippen LogP contribution < -0.4 is 20.3 Å². The third kappa shape index (κ3) is 3.26. The molecular formula is C17H17N3O3. The van der Waals surface area contributed by atoms with E-state index in [9.17, 15) is 9.59 Å². The van der Waals surface area contributed by atoms with Crippen molar-refractivity contribution in [2.45, 2.75) is 0 Å². The second-order valence-corrected chi connectivity index (χ2v) is 5.44. The summed E-state index contributed by atoms with van der Waals surface area (Å²) in [4.78, 5) is 25.6. The molecule has 1 heterocycles. The highest BCUT2D eigenvalue weighted by Crippen LogP contribution is 2.28. The Morgan fingerprint density at radius 2 is 1.70 bits per heavy atom. The Kier molecular flexibility index (Phi) is 3.89. The number of ether oxygens (including phenoxy) is 1. The number of nitrogens with one attached hydrogen (secondary N) is 2. The summed E-state index contributed by atoms with van der Waals surface area (Å²) in [5.74, 6) is 0.476. The fourth-order valence-electron chi connectivity index (χ4n) is 2.31. The maximum atomic E-state index is 12.0. The smallest absolute Gasteiger partial charge is 0.323 e. The van der Waals surface area contributed by atoms with Crippen LogP contribution in [0.1, 0.15) is 10.4 Å². The van der Waals surface area contributed by atoms with Crippen molar-refractivity contribution in [2.75, 3.05) is 36.2 Å². The van der Waals surface area contributed by atoms with Crippen molar-refractivity contribution in [3.8, 4) is 5.75 Å². The molecule has 0 bridgehead atoms. The van der Waals surface area contributed by atoms with Gasteiger partial charge in [-0.05, 0) is 42.5 Å². The van der Waals surface area contributed by atoms with Gasteiger partial charge in [-0.2, -0.15) is 0 Å². The number of rotatable bonds is 3. The molecule has 6 heteroatoms. The van der Waals surface area contributed by atoms with Crippen LogP contribution in [-0.2, 0) is 0 Å².